The lowest BCUT2D eigenvalue weighted by Gasteiger charge is -2.27. The third kappa shape index (κ3) is 4.40. The zero-order valence-corrected chi connectivity index (χ0v) is 15.5. The van der Waals surface area contributed by atoms with Crippen LogP contribution >= 0.6 is 0 Å². The van der Waals surface area contributed by atoms with Crippen LogP contribution in [0.2, 0.25) is 0 Å². The first-order valence-electron chi connectivity index (χ1n) is 8.12. The molecule has 0 spiro atoms. The largest absolute Gasteiger partial charge is 0.417 e. The lowest BCUT2D eigenvalue weighted by atomic mass is 10.0. The predicted octanol–water partition coefficient (Wildman–Crippen LogP) is 4.45. The second-order valence-electron chi connectivity index (χ2n) is 7.64. The summed E-state index contributed by atoms with van der Waals surface area (Å²) in [5, 5.41) is 11.6. The number of rotatable bonds is 3. The first kappa shape index (κ1) is 22.0. The Morgan fingerprint density at radius 1 is 1.11 bits per heavy atom. The van der Waals surface area contributed by atoms with Crippen molar-refractivity contribution in [2.24, 2.45) is 0 Å². The van der Waals surface area contributed by atoms with Crippen molar-refractivity contribution in [1.82, 2.24) is 9.55 Å². The minimum Gasteiger partial charge on any atom is -0.380 e. The maximum Gasteiger partial charge on any atom is 0.417 e. The third-order valence-corrected chi connectivity index (χ3v) is 4.02. The zero-order chi connectivity index (χ0) is 21.7. The summed E-state index contributed by atoms with van der Waals surface area (Å²) >= 11 is 0. The molecule has 156 valence electrons. The van der Waals surface area contributed by atoms with Crippen LogP contribution in [0, 0.1) is 0 Å². The molecule has 0 aliphatic carbocycles. The molecule has 28 heavy (non-hydrogen) atoms. The second kappa shape index (κ2) is 6.64. The van der Waals surface area contributed by atoms with Gasteiger partial charge in [0, 0.05) is 5.54 Å². The average Bonchev–Trinajstić information content (AvgIpc) is 2.80. The van der Waals surface area contributed by atoms with Gasteiger partial charge in [-0.2, -0.15) is 26.3 Å². The molecular formula is C17H19F6N3O2. The number of alkyl halides is 6. The van der Waals surface area contributed by atoms with Crippen molar-refractivity contribution in [2.75, 3.05) is 5.32 Å². The molecule has 5 nitrogen and oxygen atoms in total. The lowest BCUT2D eigenvalue weighted by Crippen LogP contribution is -2.45. The van der Waals surface area contributed by atoms with Crippen LogP contribution < -0.4 is 5.32 Å². The van der Waals surface area contributed by atoms with E-state index < -0.39 is 41.4 Å². The molecule has 0 unspecified atom stereocenters. The summed E-state index contributed by atoms with van der Waals surface area (Å²) in [7, 11) is 0. The van der Waals surface area contributed by atoms with Crippen LogP contribution in [0.15, 0.2) is 18.2 Å². The molecule has 0 aliphatic rings. The third-order valence-electron chi connectivity index (χ3n) is 4.02. The van der Waals surface area contributed by atoms with Crippen LogP contribution in [-0.2, 0) is 16.5 Å². The van der Waals surface area contributed by atoms with Gasteiger partial charge in [0.05, 0.1) is 23.0 Å². The zero-order valence-electron chi connectivity index (χ0n) is 15.5. The Morgan fingerprint density at radius 2 is 1.68 bits per heavy atom. The van der Waals surface area contributed by atoms with E-state index in [1.165, 1.54) is 4.57 Å². The van der Waals surface area contributed by atoms with Crippen LogP contribution in [0.25, 0.3) is 11.0 Å². The van der Waals surface area contributed by atoms with Crippen molar-refractivity contribution < 1.29 is 36.2 Å². The molecule has 1 heterocycles. The van der Waals surface area contributed by atoms with E-state index in [-0.39, 0.29) is 17.0 Å². The SMILES string of the molecule is CC(C)(C)n1c(NC(=O)C[C@](C)(O)C(F)(F)F)nc2ccc(C(F)(F)F)cc21. The molecular weight excluding hydrogens is 392 g/mol. The molecule has 0 fully saturated rings. The predicted molar refractivity (Wildman–Crippen MR) is 89.7 cm³/mol. The van der Waals surface area contributed by atoms with Gasteiger partial charge < -0.3 is 9.67 Å². The van der Waals surface area contributed by atoms with E-state index in [1.54, 1.807) is 20.8 Å². The first-order chi connectivity index (χ1) is 12.4. The van der Waals surface area contributed by atoms with Crippen LogP contribution in [-0.4, -0.2) is 32.3 Å². The number of amides is 1. The Balaban J connectivity index is 2.49. The van der Waals surface area contributed by atoms with Gasteiger partial charge in [0.2, 0.25) is 11.9 Å². The van der Waals surface area contributed by atoms with E-state index in [0.29, 0.717) is 6.92 Å². The van der Waals surface area contributed by atoms with Gasteiger partial charge in [-0.05, 0) is 45.9 Å². The number of halogens is 6. The highest BCUT2D eigenvalue weighted by molar-refractivity contribution is 5.92. The Morgan fingerprint density at radius 3 is 2.14 bits per heavy atom. The maximum absolute atomic E-state index is 13.0. The highest BCUT2D eigenvalue weighted by Gasteiger charge is 2.51. The van der Waals surface area contributed by atoms with Crippen LogP contribution in [0.4, 0.5) is 32.3 Å². The fourth-order valence-electron chi connectivity index (χ4n) is 2.60. The number of benzene rings is 1. The highest BCUT2D eigenvalue weighted by Crippen LogP contribution is 2.36. The standard InChI is InChI=1S/C17H19F6N3O2/c1-14(2,3)26-11-7-9(16(18,19)20)5-6-10(11)24-13(26)25-12(27)8-15(4,28)17(21,22)23/h5-7,28H,8H2,1-4H3,(H,24,25,27)/t15-/m0/s1. The van der Waals surface area contributed by atoms with E-state index in [4.69, 9.17) is 0 Å². The van der Waals surface area contributed by atoms with Crippen molar-refractivity contribution in [3.05, 3.63) is 23.8 Å². The summed E-state index contributed by atoms with van der Waals surface area (Å²) in [4.78, 5) is 16.1. The average molecular weight is 411 g/mol. The van der Waals surface area contributed by atoms with Gasteiger partial charge in [-0.1, -0.05) is 0 Å². The minimum atomic E-state index is -5.03. The summed E-state index contributed by atoms with van der Waals surface area (Å²) < 4.78 is 78.7. The molecule has 0 radical (unpaired) electrons. The fraction of sp³-hybridized carbons (Fsp3) is 0.529. The summed E-state index contributed by atoms with van der Waals surface area (Å²) in [5.74, 6) is -1.40. The number of aliphatic hydroxyl groups is 1. The van der Waals surface area contributed by atoms with Gasteiger partial charge in [0.1, 0.15) is 0 Å². The van der Waals surface area contributed by atoms with Crippen LogP contribution in [0.5, 0.6) is 0 Å². The van der Waals surface area contributed by atoms with E-state index >= 15 is 0 Å². The summed E-state index contributed by atoms with van der Waals surface area (Å²) in [6.07, 6.45) is -10.9. The number of fused-ring (bicyclic) bond motifs is 1. The molecule has 11 heteroatoms. The molecule has 1 amide bonds. The highest BCUT2D eigenvalue weighted by atomic mass is 19.4. The molecule has 1 aromatic carbocycles. The lowest BCUT2D eigenvalue weighted by molar-refractivity contribution is -0.253. The number of hydrogen-bond donors (Lipinski definition) is 2. The molecule has 0 bridgehead atoms. The van der Waals surface area contributed by atoms with E-state index in [1.807, 2.05) is 0 Å². The summed E-state index contributed by atoms with van der Waals surface area (Å²) in [6, 6.07) is 2.79. The molecule has 0 aliphatic heterocycles. The van der Waals surface area contributed by atoms with Gasteiger partial charge in [0.15, 0.2) is 5.60 Å². The molecule has 2 rings (SSSR count). The number of carbonyl (C=O) groups excluding carboxylic acids is 1. The normalized spacial score (nSPS) is 15.5. The molecule has 2 aromatic rings. The van der Waals surface area contributed by atoms with Crippen molar-refractivity contribution in [1.29, 1.82) is 0 Å². The first-order valence-corrected chi connectivity index (χ1v) is 8.12. The summed E-state index contributed by atoms with van der Waals surface area (Å²) in [5.41, 5.74) is -4.86. The number of nitrogens with one attached hydrogen (secondary N) is 1. The van der Waals surface area contributed by atoms with E-state index in [9.17, 15) is 36.2 Å². The Kier molecular flexibility index (Phi) is 5.22. The Hall–Kier alpha value is -2.30. The number of aromatic nitrogens is 2. The van der Waals surface area contributed by atoms with Gasteiger partial charge in [-0.25, -0.2) is 4.98 Å². The smallest absolute Gasteiger partial charge is 0.380 e. The van der Waals surface area contributed by atoms with Crippen molar-refractivity contribution >= 4 is 22.9 Å². The second-order valence-corrected chi connectivity index (χ2v) is 7.64. The number of anilines is 1. The number of nitrogens with zero attached hydrogens (tertiary/aromatic N) is 2. The fourth-order valence-corrected chi connectivity index (χ4v) is 2.60. The molecule has 0 saturated carbocycles. The Labute approximate surface area is 156 Å². The molecule has 1 atom stereocenters. The van der Waals surface area contributed by atoms with Crippen molar-refractivity contribution in [3.63, 3.8) is 0 Å². The van der Waals surface area contributed by atoms with Gasteiger partial charge in [0.25, 0.3) is 0 Å². The number of imidazole rings is 1. The monoisotopic (exact) mass is 411 g/mol. The maximum atomic E-state index is 13.0. The van der Waals surface area contributed by atoms with Gasteiger partial charge in [-0.15, -0.1) is 0 Å². The van der Waals surface area contributed by atoms with Crippen molar-refractivity contribution in [2.45, 2.75) is 57.6 Å². The number of carbonyl (C=O) groups is 1. The van der Waals surface area contributed by atoms with Gasteiger partial charge in [-0.3, -0.25) is 10.1 Å². The van der Waals surface area contributed by atoms with Crippen LogP contribution in [0.1, 0.15) is 39.7 Å². The molecule has 2 N–H and O–H groups in total. The quantitative estimate of drug-likeness (QED) is 0.734. The van der Waals surface area contributed by atoms with E-state index in [0.717, 1.165) is 18.2 Å². The van der Waals surface area contributed by atoms with Gasteiger partial charge >= 0.3 is 12.4 Å². The Bertz CT molecular complexity index is 891. The minimum absolute atomic E-state index is 0.0557. The topological polar surface area (TPSA) is 67.2 Å². The molecule has 1 aromatic heterocycles. The van der Waals surface area contributed by atoms with E-state index in [2.05, 4.69) is 10.3 Å². The number of hydrogen-bond acceptors (Lipinski definition) is 3. The van der Waals surface area contributed by atoms with Crippen LogP contribution in [0.3, 0.4) is 0 Å². The molecule has 0 saturated heterocycles. The summed E-state index contributed by atoms with van der Waals surface area (Å²) in [6.45, 7) is 5.36. The van der Waals surface area contributed by atoms with Crippen molar-refractivity contribution in [3.8, 4) is 0 Å².